The van der Waals surface area contributed by atoms with Crippen LogP contribution in [-0.4, -0.2) is 57.5 Å². The van der Waals surface area contributed by atoms with Crippen LogP contribution in [0, 0.1) is 19.8 Å². The fourth-order valence-corrected chi connectivity index (χ4v) is 4.35. The third kappa shape index (κ3) is 5.36. The molecule has 2 amide bonds. The number of hydrogen-bond acceptors (Lipinski definition) is 5. The summed E-state index contributed by atoms with van der Waals surface area (Å²) in [5.41, 5.74) is 8.83. The van der Waals surface area contributed by atoms with E-state index in [0.29, 0.717) is 24.1 Å². The van der Waals surface area contributed by atoms with E-state index in [1.165, 1.54) is 32.1 Å². The maximum absolute atomic E-state index is 12.3. The van der Waals surface area contributed by atoms with Crippen LogP contribution in [0.3, 0.4) is 0 Å². The molecule has 0 spiro atoms. The summed E-state index contributed by atoms with van der Waals surface area (Å²) in [6, 6.07) is 0. The van der Waals surface area contributed by atoms with Crippen molar-refractivity contribution in [1.82, 2.24) is 24.8 Å². The lowest BCUT2D eigenvalue weighted by Gasteiger charge is -2.30. The van der Waals surface area contributed by atoms with Crippen molar-refractivity contribution in [3.05, 3.63) is 28.7 Å². The van der Waals surface area contributed by atoms with E-state index >= 15 is 0 Å². The molecule has 0 radical (unpaired) electrons. The van der Waals surface area contributed by atoms with Crippen LogP contribution in [0.2, 0.25) is 0 Å². The van der Waals surface area contributed by atoms with Gasteiger partial charge in [0.25, 0.3) is 5.91 Å². The largest absolute Gasteiger partial charge is 0.365 e. The highest BCUT2D eigenvalue weighted by molar-refractivity contribution is 5.98. The van der Waals surface area contributed by atoms with Crippen LogP contribution >= 0.6 is 0 Å². The first-order valence-electron chi connectivity index (χ1n) is 11.0. The smallest absolute Gasteiger partial charge is 0.254 e. The molecular formula is C22H34N6O2. The van der Waals surface area contributed by atoms with Gasteiger partial charge in [-0.2, -0.15) is 5.10 Å². The number of fused-ring (bicyclic) bond motifs is 1. The number of hydrogen-bond donors (Lipinski definition) is 2. The van der Waals surface area contributed by atoms with Gasteiger partial charge in [-0.1, -0.05) is 6.92 Å². The number of aromatic nitrogens is 3. The Morgan fingerprint density at radius 2 is 2.10 bits per heavy atom. The van der Waals surface area contributed by atoms with Gasteiger partial charge < -0.3 is 16.0 Å². The number of primary amides is 1. The highest BCUT2D eigenvalue weighted by Gasteiger charge is 2.17. The van der Waals surface area contributed by atoms with E-state index < -0.39 is 5.91 Å². The van der Waals surface area contributed by atoms with Crippen LogP contribution in [0.4, 0.5) is 0 Å². The van der Waals surface area contributed by atoms with Gasteiger partial charge in [0.1, 0.15) is 5.56 Å². The molecule has 3 heterocycles. The van der Waals surface area contributed by atoms with Gasteiger partial charge in [-0.15, -0.1) is 0 Å². The third-order valence-electron chi connectivity index (χ3n) is 6.04. The average molecular weight is 415 g/mol. The monoisotopic (exact) mass is 414 g/mol. The van der Waals surface area contributed by atoms with Crippen LogP contribution in [0.15, 0.2) is 6.20 Å². The van der Waals surface area contributed by atoms with Crippen molar-refractivity contribution in [2.45, 2.75) is 59.3 Å². The number of aryl methyl sites for hydroxylation is 2. The zero-order valence-corrected chi connectivity index (χ0v) is 18.4. The fourth-order valence-electron chi connectivity index (χ4n) is 4.35. The molecule has 0 aliphatic carbocycles. The molecule has 8 nitrogen and oxygen atoms in total. The maximum Gasteiger partial charge on any atom is 0.254 e. The number of amides is 2. The molecule has 1 aliphatic rings. The highest BCUT2D eigenvalue weighted by atomic mass is 16.1. The molecule has 3 rings (SSSR count). The number of carbonyl (C=O) groups excluding carboxylic acids is 2. The number of unbranched alkanes of at least 4 members (excludes halogenated alkanes) is 1. The van der Waals surface area contributed by atoms with Crippen molar-refractivity contribution < 1.29 is 9.59 Å². The second kappa shape index (κ2) is 10.0. The SMILES string of the molecule is Cc1nc2c(C(N)=O)cnn2c(C)c1CCC(=O)NCCCCN1CCCC(C)C1. The summed E-state index contributed by atoms with van der Waals surface area (Å²) in [6.45, 7) is 10.4. The summed E-state index contributed by atoms with van der Waals surface area (Å²) >= 11 is 0. The van der Waals surface area contributed by atoms with E-state index in [1.54, 1.807) is 4.52 Å². The van der Waals surface area contributed by atoms with Gasteiger partial charge >= 0.3 is 0 Å². The molecule has 0 saturated carbocycles. The Bertz CT molecular complexity index is 907. The van der Waals surface area contributed by atoms with Crippen molar-refractivity contribution in [2.24, 2.45) is 11.7 Å². The Morgan fingerprint density at radius 1 is 1.30 bits per heavy atom. The molecule has 2 aromatic rings. The number of piperidine rings is 1. The Balaban J connectivity index is 1.44. The van der Waals surface area contributed by atoms with E-state index in [1.807, 2.05) is 13.8 Å². The first kappa shape index (κ1) is 22.2. The van der Waals surface area contributed by atoms with Crippen LogP contribution in [0.5, 0.6) is 0 Å². The molecule has 164 valence electrons. The second-order valence-corrected chi connectivity index (χ2v) is 8.52. The molecule has 1 aliphatic heterocycles. The molecule has 3 N–H and O–H groups in total. The minimum absolute atomic E-state index is 0.0544. The summed E-state index contributed by atoms with van der Waals surface area (Å²) in [5, 5.41) is 7.26. The number of carbonyl (C=O) groups is 2. The van der Waals surface area contributed by atoms with E-state index in [2.05, 4.69) is 27.2 Å². The number of nitrogens with one attached hydrogen (secondary N) is 1. The average Bonchev–Trinajstić information content (AvgIpc) is 3.12. The van der Waals surface area contributed by atoms with Crippen molar-refractivity contribution in [2.75, 3.05) is 26.2 Å². The first-order chi connectivity index (χ1) is 14.4. The lowest BCUT2D eigenvalue weighted by Crippen LogP contribution is -2.35. The van der Waals surface area contributed by atoms with Crippen LogP contribution in [0.1, 0.15) is 66.3 Å². The Morgan fingerprint density at radius 3 is 2.83 bits per heavy atom. The summed E-state index contributed by atoms with van der Waals surface area (Å²) in [6.07, 6.45) is 7.21. The van der Waals surface area contributed by atoms with Gasteiger partial charge in [0, 0.05) is 30.9 Å². The van der Waals surface area contributed by atoms with Gasteiger partial charge in [-0.05, 0) is 70.5 Å². The Labute approximate surface area is 178 Å². The molecule has 1 atom stereocenters. The summed E-state index contributed by atoms with van der Waals surface area (Å²) in [5.74, 6) is 0.320. The van der Waals surface area contributed by atoms with Crippen LogP contribution < -0.4 is 11.1 Å². The minimum atomic E-state index is -0.543. The second-order valence-electron chi connectivity index (χ2n) is 8.52. The van der Waals surface area contributed by atoms with Gasteiger partial charge in [-0.3, -0.25) is 9.59 Å². The van der Waals surface area contributed by atoms with Crippen molar-refractivity contribution >= 4 is 17.5 Å². The minimum Gasteiger partial charge on any atom is -0.365 e. The summed E-state index contributed by atoms with van der Waals surface area (Å²) in [4.78, 5) is 30.8. The fraction of sp³-hybridized carbons (Fsp3) is 0.636. The molecule has 1 unspecified atom stereocenters. The van der Waals surface area contributed by atoms with Crippen molar-refractivity contribution in [1.29, 1.82) is 0 Å². The Kier molecular flexibility index (Phi) is 7.42. The maximum atomic E-state index is 12.3. The van der Waals surface area contributed by atoms with E-state index in [0.717, 1.165) is 48.8 Å². The number of rotatable bonds is 9. The zero-order valence-electron chi connectivity index (χ0n) is 18.4. The van der Waals surface area contributed by atoms with Crippen LogP contribution in [0.25, 0.3) is 5.65 Å². The summed E-state index contributed by atoms with van der Waals surface area (Å²) in [7, 11) is 0. The predicted molar refractivity (Wildman–Crippen MR) is 116 cm³/mol. The Hall–Kier alpha value is -2.48. The number of nitrogens with zero attached hydrogens (tertiary/aromatic N) is 4. The van der Waals surface area contributed by atoms with Gasteiger partial charge in [0.2, 0.25) is 5.91 Å². The molecule has 2 aromatic heterocycles. The van der Waals surface area contributed by atoms with Gasteiger partial charge in [0.05, 0.1) is 6.20 Å². The zero-order chi connectivity index (χ0) is 21.7. The quantitative estimate of drug-likeness (QED) is 0.611. The lowest BCUT2D eigenvalue weighted by molar-refractivity contribution is -0.121. The van der Waals surface area contributed by atoms with Gasteiger partial charge in [-0.25, -0.2) is 9.50 Å². The molecule has 1 fully saturated rings. The number of nitrogens with two attached hydrogens (primary N) is 1. The normalized spacial score (nSPS) is 17.4. The number of likely N-dealkylation sites (tertiary alicyclic amines) is 1. The molecule has 0 bridgehead atoms. The topological polar surface area (TPSA) is 106 Å². The highest BCUT2D eigenvalue weighted by Crippen LogP contribution is 2.18. The summed E-state index contributed by atoms with van der Waals surface area (Å²) < 4.78 is 1.63. The van der Waals surface area contributed by atoms with E-state index in [4.69, 9.17) is 5.73 Å². The van der Waals surface area contributed by atoms with E-state index in [9.17, 15) is 9.59 Å². The lowest BCUT2D eigenvalue weighted by atomic mass is 10.0. The molecule has 30 heavy (non-hydrogen) atoms. The standard InChI is InChI=1S/C22H34N6O2/c1-15-7-6-12-27(14-15)11-5-4-10-24-20(29)9-8-18-16(2)26-22-19(21(23)30)13-25-28(22)17(18)3/h13,15H,4-12,14H2,1-3H3,(H2,23,30)(H,24,29). The predicted octanol–water partition coefficient (Wildman–Crippen LogP) is 2.01. The third-order valence-corrected chi connectivity index (χ3v) is 6.04. The van der Waals surface area contributed by atoms with Crippen LogP contribution in [-0.2, 0) is 11.2 Å². The van der Waals surface area contributed by atoms with Crippen molar-refractivity contribution in [3.63, 3.8) is 0 Å². The molecular weight excluding hydrogens is 380 g/mol. The molecule has 8 heteroatoms. The van der Waals surface area contributed by atoms with E-state index in [-0.39, 0.29) is 5.91 Å². The molecule has 1 saturated heterocycles. The first-order valence-corrected chi connectivity index (χ1v) is 11.0. The van der Waals surface area contributed by atoms with Gasteiger partial charge in [0.15, 0.2) is 5.65 Å². The molecule has 0 aromatic carbocycles. The van der Waals surface area contributed by atoms with Crippen molar-refractivity contribution in [3.8, 4) is 0 Å².